The average Bonchev–Trinajstić information content (AvgIpc) is 2.82. The van der Waals surface area contributed by atoms with Gasteiger partial charge in [0.1, 0.15) is 17.0 Å². The number of alkyl halides is 1. The Balaban J connectivity index is 0. The standard InChI is InChI=1S/C22H31ClFNO2.C8H15NO2/c1-7-10-18(3)15-25(6)20(5)14-22(21(23)16-26)27-12-9-8-11-17(2)13-19(4)24;1-7(2)3-5-9-8(11)4-6-10/h7-8,10-11,13-14,16,19H,3,9,12,15H2,1-2,4-6H3;10H,1,3-6H2,2H3,(H,9,11)/b10-7-,11-8-,17-13-,20-14-,22-21-;. The molecule has 0 aliphatic rings. The van der Waals surface area contributed by atoms with Gasteiger partial charge in [-0.1, -0.05) is 53.6 Å². The van der Waals surface area contributed by atoms with Crippen molar-refractivity contribution in [2.75, 3.05) is 33.4 Å². The van der Waals surface area contributed by atoms with Crippen LogP contribution in [-0.4, -0.2) is 61.7 Å². The van der Waals surface area contributed by atoms with Gasteiger partial charge < -0.3 is 20.1 Å². The minimum atomic E-state index is -0.971. The lowest BCUT2D eigenvalue weighted by atomic mass is 10.2. The van der Waals surface area contributed by atoms with Crippen LogP contribution in [0.15, 0.2) is 82.8 Å². The summed E-state index contributed by atoms with van der Waals surface area (Å²) in [4.78, 5) is 23.8. The molecule has 0 rings (SSSR count). The molecular formula is C30H46ClFN2O4. The van der Waals surface area contributed by atoms with E-state index in [1.807, 2.05) is 63.9 Å². The normalized spacial score (nSPS) is 13.4. The molecule has 0 bridgehead atoms. The van der Waals surface area contributed by atoms with Crippen LogP contribution < -0.4 is 5.32 Å². The molecule has 6 nitrogen and oxygen atoms in total. The molecule has 0 aliphatic carbocycles. The van der Waals surface area contributed by atoms with E-state index < -0.39 is 6.17 Å². The summed E-state index contributed by atoms with van der Waals surface area (Å²) in [6.07, 6.45) is 12.1. The van der Waals surface area contributed by atoms with Gasteiger partial charge in [-0.3, -0.25) is 9.59 Å². The number of carbonyl (C=O) groups is 2. The Kier molecular flexibility index (Phi) is 22.8. The molecule has 8 heteroatoms. The van der Waals surface area contributed by atoms with Crippen molar-refractivity contribution in [2.45, 2.75) is 60.1 Å². The van der Waals surface area contributed by atoms with E-state index in [2.05, 4.69) is 18.5 Å². The lowest BCUT2D eigenvalue weighted by Gasteiger charge is -2.21. The fraction of sp³-hybridized carbons (Fsp3) is 0.467. The Labute approximate surface area is 234 Å². The summed E-state index contributed by atoms with van der Waals surface area (Å²) in [7, 11) is 1.93. The zero-order valence-corrected chi connectivity index (χ0v) is 24.6. The first-order valence-corrected chi connectivity index (χ1v) is 12.9. The van der Waals surface area contributed by atoms with Gasteiger partial charge in [0.15, 0.2) is 6.29 Å². The molecule has 1 amide bonds. The van der Waals surface area contributed by atoms with Gasteiger partial charge in [-0.2, -0.15) is 0 Å². The number of allylic oxidation sites excluding steroid dienone is 7. The highest BCUT2D eigenvalue weighted by atomic mass is 35.5. The summed E-state index contributed by atoms with van der Waals surface area (Å²) >= 11 is 5.98. The Morgan fingerprint density at radius 2 is 1.87 bits per heavy atom. The second-order valence-electron chi connectivity index (χ2n) is 8.79. The molecule has 0 spiro atoms. The van der Waals surface area contributed by atoms with Crippen molar-refractivity contribution in [1.29, 1.82) is 0 Å². The summed E-state index contributed by atoms with van der Waals surface area (Å²) in [5.41, 5.74) is 3.76. The van der Waals surface area contributed by atoms with Crippen molar-refractivity contribution in [3.05, 3.63) is 82.8 Å². The number of likely N-dealkylation sites (N-methyl/N-ethyl adjacent to an activating group) is 1. The van der Waals surface area contributed by atoms with Crippen LogP contribution in [0.2, 0.25) is 0 Å². The Morgan fingerprint density at radius 3 is 2.39 bits per heavy atom. The van der Waals surface area contributed by atoms with E-state index in [0.29, 0.717) is 38.2 Å². The average molecular weight is 553 g/mol. The van der Waals surface area contributed by atoms with Crippen LogP contribution in [0.25, 0.3) is 0 Å². The van der Waals surface area contributed by atoms with Gasteiger partial charge in [-0.15, -0.1) is 6.58 Å². The maximum Gasteiger partial charge on any atom is 0.222 e. The van der Waals surface area contributed by atoms with Crippen LogP contribution in [0.1, 0.15) is 53.9 Å². The van der Waals surface area contributed by atoms with E-state index in [1.165, 1.54) is 13.0 Å². The van der Waals surface area contributed by atoms with Crippen LogP contribution in [0.3, 0.4) is 0 Å². The smallest absolute Gasteiger partial charge is 0.222 e. The molecule has 0 heterocycles. The molecule has 0 aromatic carbocycles. The topological polar surface area (TPSA) is 78.9 Å². The summed E-state index contributed by atoms with van der Waals surface area (Å²) < 4.78 is 18.5. The number of rotatable bonds is 17. The Bertz CT molecular complexity index is 902. The number of nitrogens with zero attached hydrogens (tertiary/aromatic N) is 1. The number of carbonyl (C=O) groups excluding carboxylic acids is 2. The van der Waals surface area contributed by atoms with Crippen LogP contribution in [0, 0.1) is 0 Å². The number of aldehydes is 1. The third kappa shape index (κ3) is 22.3. The van der Waals surface area contributed by atoms with Gasteiger partial charge >= 0.3 is 0 Å². The molecule has 0 saturated heterocycles. The zero-order valence-electron chi connectivity index (χ0n) is 23.9. The number of ether oxygens (including phenoxy) is 1. The van der Waals surface area contributed by atoms with Crippen molar-refractivity contribution >= 4 is 23.8 Å². The van der Waals surface area contributed by atoms with Gasteiger partial charge in [0.05, 0.1) is 13.2 Å². The highest BCUT2D eigenvalue weighted by molar-refractivity contribution is 6.39. The van der Waals surface area contributed by atoms with Crippen LogP contribution in [0.4, 0.5) is 4.39 Å². The van der Waals surface area contributed by atoms with E-state index in [9.17, 15) is 14.0 Å². The lowest BCUT2D eigenvalue weighted by Crippen LogP contribution is -2.24. The first kappa shape index (κ1) is 37.3. The van der Waals surface area contributed by atoms with E-state index in [4.69, 9.17) is 21.4 Å². The predicted octanol–water partition coefficient (Wildman–Crippen LogP) is 6.32. The largest absolute Gasteiger partial charge is 0.492 e. The van der Waals surface area contributed by atoms with Crippen molar-refractivity contribution in [3.8, 4) is 0 Å². The second-order valence-corrected chi connectivity index (χ2v) is 9.20. The number of hydrogen-bond acceptors (Lipinski definition) is 5. The monoisotopic (exact) mass is 552 g/mol. The van der Waals surface area contributed by atoms with E-state index >= 15 is 0 Å². The fourth-order valence-electron chi connectivity index (χ4n) is 2.78. The third-order valence-electron chi connectivity index (χ3n) is 4.75. The van der Waals surface area contributed by atoms with Gasteiger partial charge in [0, 0.05) is 38.3 Å². The highest BCUT2D eigenvalue weighted by Gasteiger charge is 2.07. The van der Waals surface area contributed by atoms with Crippen LogP contribution in [0.5, 0.6) is 0 Å². The molecule has 2 N–H and O–H groups in total. The molecule has 0 aromatic rings. The van der Waals surface area contributed by atoms with E-state index in [-0.39, 0.29) is 24.0 Å². The molecule has 0 fully saturated rings. The molecule has 0 saturated carbocycles. The van der Waals surface area contributed by atoms with Crippen LogP contribution >= 0.6 is 11.6 Å². The SMILES string of the molecule is C=C(/C=C\C)CN(C)/C(C)=C\C(OCC/C=C\C(C)=C/C(C)F)=C(\Cl)C=O.C=C(C)CCNC(=O)CCO. The highest BCUT2D eigenvalue weighted by Crippen LogP contribution is 2.16. The molecule has 1 atom stereocenters. The molecule has 38 heavy (non-hydrogen) atoms. The van der Waals surface area contributed by atoms with Gasteiger partial charge in [0.25, 0.3) is 0 Å². The number of amides is 1. The number of aliphatic hydroxyl groups excluding tert-OH is 1. The zero-order chi connectivity index (χ0) is 29.5. The summed E-state index contributed by atoms with van der Waals surface area (Å²) in [6, 6.07) is 0. The number of halogens is 2. The Morgan fingerprint density at radius 1 is 1.21 bits per heavy atom. The Hall–Kier alpha value is -2.90. The number of hydrogen-bond donors (Lipinski definition) is 2. The maximum atomic E-state index is 12.9. The lowest BCUT2D eigenvalue weighted by molar-refractivity contribution is -0.121. The van der Waals surface area contributed by atoms with Crippen molar-refractivity contribution in [1.82, 2.24) is 10.2 Å². The molecule has 0 aliphatic heterocycles. The minimum Gasteiger partial charge on any atom is -0.492 e. The van der Waals surface area contributed by atoms with Gasteiger partial charge in [-0.25, -0.2) is 4.39 Å². The molecular weight excluding hydrogens is 507 g/mol. The van der Waals surface area contributed by atoms with E-state index in [1.54, 1.807) is 6.08 Å². The molecule has 1 unspecified atom stereocenters. The summed E-state index contributed by atoms with van der Waals surface area (Å²) in [5.74, 6) is 0.222. The molecule has 214 valence electrons. The second kappa shape index (κ2) is 23.2. The summed E-state index contributed by atoms with van der Waals surface area (Å²) in [6.45, 7) is 18.3. The first-order valence-electron chi connectivity index (χ1n) is 12.6. The van der Waals surface area contributed by atoms with Crippen molar-refractivity contribution in [3.63, 3.8) is 0 Å². The quantitative estimate of drug-likeness (QED) is 0.0551. The summed E-state index contributed by atoms with van der Waals surface area (Å²) in [5, 5.41) is 11.0. The van der Waals surface area contributed by atoms with Gasteiger partial charge in [0.2, 0.25) is 5.91 Å². The van der Waals surface area contributed by atoms with Crippen molar-refractivity contribution in [2.24, 2.45) is 0 Å². The third-order valence-corrected chi connectivity index (χ3v) is 5.03. The van der Waals surface area contributed by atoms with Crippen molar-refractivity contribution < 1.29 is 23.8 Å². The maximum absolute atomic E-state index is 12.9. The molecule has 0 radical (unpaired) electrons. The fourth-order valence-corrected chi connectivity index (χ4v) is 2.89. The van der Waals surface area contributed by atoms with E-state index in [0.717, 1.165) is 28.8 Å². The van der Waals surface area contributed by atoms with Gasteiger partial charge in [-0.05, 0) is 59.1 Å². The minimum absolute atomic E-state index is 0.0151. The predicted molar refractivity (Wildman–Crippen MR) is 157 cm³/mol. The first-order chi connectivity index (χ1) is 17.9. The van der Waals surface area contributed by atoms with Crippen LogP contribution in [-0.2, 0) is 14.3 Å². The number of nitrogens with one attached hydrogen (secondary N) is 1. The number of aliphatic hydroxyl groups is 1. The molecule has 0 aromatic heterocycles.